The summed E-state index contributed by atoms with van der Waals surface area (Å²) in [6.07, 6.45) is 6.43. The summed E-state index contributed by atoms with van der Waals surface area (Å²) in [4.78, 5) is 3.17. The fourth-order valence-electron chi connectivity index (χ4n) is 3.41. The topological polar surface area (TPSA) is 60.7 Å². The maximum atomic E-state index is 10.3. The van der Waals surface area contributed by atoms with Crippen molar-refractivity contribution in [3.63, 3.8) is 0 Å². The summed E-state index contributed by atoms with van der Waals surface area (Å²) in [5.41, 5.74) is 5.31. The molecule has 18 heavy (non-hydrogen) atoms. The molecule has 0 saturated carbocycles. The molecule has 4 nitrogen and oxygen atoms in total. The zero-order valence-electron chi connectivity index (χ0n) is 10.1. The summed E-state index contributed by atoms with van der Waals surface area (Å²) in [5.74, 6) is 0.773. The monoisotopic (exact) mass is 241 g/mol. The van der Waals surface area contributed by atoms with Crippen LogP contribution in [0.15, 0.2) is 22.5 Å². The molecular formula is C14H15N3O. The van der Waals surface area contributed by atoms with Crippen LogP contribution in [0, 0.1) is 0 Å². The van der Waals surface area contributed by atoms with Gasteiger partial charge in [0.05, 0.1) is 12.2 Å². The third kappa shape index (κ3) is 1.20. The van der Waals surface area contributed by atoms with E-state index >= 15 is 0 Å². The Bertz CT molecular complexity index is 614. The molecule has 1 unspecified atom stereocenters. The van der Waals surface area contributed by atoms with Gasteiger partial charge in [-0.05, 0) is 48.8 Å². The van der Waals surface area contributed by atoms with Crippen LogP contribution in [0.1, 0.15) is 36.3 Å². The number of rotatable bonds is 0. The molecule has 0 amide bonds. The Morgan fingerprint density at radius 1 is 1.33 bits per heavy atom. The highest BCUT2D eigenvalue weighted by Gasteiger charge is 2.33. The van der Waals surface area contributed by atoms with Crippen molar-refractivity contribution in [3.8, 4) is 17.0 Å². The number of hydrogen-bond acceptors (Lipinski definition) is 3. The first-order valence-corrected chi connectivity index (χ1v) is 6.58. The first-order valence-electron chi connectivity index (χ1n) is 6.58. The second-order valence-electron chi connectivity index (χ2n) is 5.21. The fourth-order valence-corrected chi connectivity index (χ4v) is 3.41. The summed E-state index contributed by atoms with van der Waals surface area (Å²) in [5, 5.41) is 18.8. The number of nitrogens with one attached hydrogen (secondary N) is 1. The first kappa shape index (κ1) is 10.1. The van der Waals surface area contributed by atoms with E-state index in [-0.39, 0.29) is 5.75 Å². The van der Waals surface area contributed by atoms with Crippen LogP contribution in [-0.2, 0) is 6.42 Å². The number of pyridine rings is 1. The van der Waals surface area contributed by atoms with Gasteiger partial charge in [-0.1, -0.05) is 0 Å². The second kappa shape index (κ2) is 3.57. The molecule has 0 radical (unpaired) electrons. The summed E-state index contributed by atoms with van der Waals surface area (Å²) in [7, 11) is 0. The van der Waals surface area contributed by atoms with Gasteiger partial charge >= 0.3 is 0 Å². The zero-order valence-corrected chi connectivity index (χ0v) is 10.1. The van der Waals surface area contributed by atoms with Crippen LogP contribution in [0.25, 0.3) is 11.3 Å². The Kier molecular flexibility index (Phi) is 2.01. The van der Waals surface area contributed by atoms with Crippen molar-refractivity contribution in [3.05, 3.63) is 23.4 Å². The lowest BCUT2D eigenvalue weighted by Crippen LogP contribution is -1.98. The Morgan fingerprint density at radius 2 is 2.28 bits per heavy atom. The van der Waals surface area contributed by atoms with Gasteiger partial charge in [0, 0.05) is 11.8 Å². The maximum Gasteiger partial charge on any atom is 0.167 e. The van der Waals surface area contributed by atoms with Crippen molar-refractivity contribution in [1.82, 2.24) is 4.98 Å². The van der Waals surface area contributed by atoms with E-state index in [4.69, 9.17) is 0 Å². The Balaban J connectivity index is 2.12. The molecule has 1 atom stereocenters. The van der Waals surface area contributed by atoms with Gasteiger partial charge < -0.3 is 10.1 Å². The van der Waals surface area contributed by atoms with Crippen LogP contribution >= 0.6 is 0 Å². The molecule has 0 aromatic rings. The minimum Gasteiger partial charge on any atom is -0.504 e. The van der Waals surface area contributed by atoms with Gasteiger partial charge in [-0.25, -0.2) is 0 Å². The number of aromatic amines is 1. The molecule has 2 N–H and O–H groups in total. The Labute approximate surface area is 105 Å². The minimum absolute atomic E-state index is 0.277. The second-order valence-corrected chi connectivity index (χ2v) is 5.21. The van der Waals surface area contributed by atoms with Crippen molar-refractivity contribution in [2.45, 2.75) is 31.6 Å². The SMILES string of the molecule is Oc1c2[nH]ccc3c-2c2c1N=NCCC2CCC3. The van der Waals surface area contributed by atoms with Crippen LogP contribution in [0.5, 0.6) is 5.75 Å². The van der Waals surface area contributed by atoms with E-state index in [1.807, 2.05) is 6.20 Å². The van der Waals surface area contributed by atoms with E-state index in [2.05, 4.69) is 21.3 Å². The van der Waals surface area contributed by atoms with Crippen LogP contribution in [0.4, 0.5) is 5.69 Å². The largest absolute Gasteiger partial charge is 0.504 e. The van der Waals surface area contributed by atoms with Crippen molar-refractivity contribution in [1.29, 1.82) is 0 Å². The Morgan fingerprint density at radius 3 is 3.22 bits per heavy atom. The molecule has 0 spiro atoms. The number of nitrogens with zero attached hydrogens (tertiary/aromatic N) is 2. The molecule has 2 aliphatic heterocycles. The molecule has 0 saturated heterocycles. The van der Waals surface area contributed by atoms with E-state index in [0.29, 0.717) is 11.6 Å². The molecule has 4 rings (SSSR count). The highest BCUT2D eigenvalue weighted by molar-refractivity contribution is 5.88. The molecule has 4 aliphatic rings. The molecule has 0 bridgehead atoms. The molecule has 92 valence electrons. The van der Waals surface area contributed by atoms with Crippen molar-refractivity contribution < 1.29 is 5.11 Å². The summed E-state index contributed by atoms with van der Waals surface area (Å²) >= 11 is 0. The van der Waals surface area contributed by atoms with Crippen LogP contribution < -0.4 is 0 Å². The molecule has 0 aromatic carbocycles. The quantitative estimate of drug-likeness (QED) is 0.725. The first-order chi connectivity index (χ1) is 8.86. The molecular weight excluding hydrogens is 226 g/mol. The highest BCUT2D eigenvalue weighted by Crippen LogP contribution is 2.54. The van der Waals surface area contributed by atoms with Gasteiger partial charge in [-0.3, -0.25) is 0 Å². The lowest BCUT2D eigenvalue weighted by atomic mass is 9.91. The summed E-state index contributed by atoms with van der Waals surface area (Å²) in [6, 6.07) is 2.13. The van der Waals surface area contributed by atoms with Crippen LogP contribution in [0.2, 0.25) is 0 Å². The summed E-state index contributed by atoms with van der Waals surface area (Å²) in [6.45, 7) is 0.770. The van der Waals surface area contributed by atoms with Gasteiger partial charge in [0.25, 0.3) is 0 Å². The van der Waals surface area contributed by atoms with Gasteiger partial charge in [0.15, 0.2) is 5.75 Å². The van der Waals surface area contributed by atoms with Gasteiger partial charge in [0.2, 0.25) is 0 Å². The number of H-pyrrole nitrogens is 1. The lowest BCUT2D eigenvalue weighted by Gasteiger charge is -2.13. The predicted molar refractivity (Wildman–Crippen MR) is 68.8 cm³/mol. The highest BCUT2D eigenvalue weighted by atomic mass is 16.3. The van der Waals surface area contributed by atoms with Crippen molar-refractivity contribution in [2.75, 3.05) is 6.54 Å². The normalized spacial score (nSPS) is 21.9. The van der Waals surface area contributed by atoms with Crippen molar-refractivity contribution >= 4 is 5.69 Å². The van der Waals surface area contributed by atoms with Gasteiger partial charge in [0.1, 0.15) is 5.69 Å². The van der Waals surface area contributed by atoms with Crippen LogP contribution in [-0.4, -0.2) is 16.6 Å². The predicted octanol–water partition coefficient (Wildman–Crippen LogP) is 3.73. The van der Waals surface area contributed by atoms with E-state index in [0.717, 1.165) is 25.1 Å². The standard InChI is InChI=1S/C14H15N3O/c18-14-12-10-8(4-6-15-12)2-1-3-9-5-7-16-17-13(14)11(9)10/h4,6,9,15,18H,1-3,5,7H2. The number of azo groups is 1. The third-order valence-corrected chi connectivity index (χ3v) is 4.22. The maximum absolute atomic E-state index is 10.3. The molecule has 2 aliphatic carbocycles. The van der Waals surface area contributed by atoms with Crippen LogP contribution in [0.3, 0.4) is 0 Å². The molecule has 0 fully saturated rings. The average molecular weight is 241 g/mol. The zero-order chi connectivity index (χ0) is 12.1. The van der Waals surface area contributed by atoms with Gasteiger partial charge in [-0.15, -0.1) is 0 Å². The van der Waals surface area contributed by atoms with E-state index in [1.54, 1.807) is 0 Å². The van der Waals surface area contributed by atoms with E-state index < -0.39 is 0 Å². The lowest BCUT2D eigenvalue weighted by molar-refractivity contribution is 0.477. The third-order valence-electron chi connectivity index (χ3n) is 4.22. The number of aromatic nitrogens is 1. The molecule has 4 heteroatoms. The smallest absolute Gasteiger partial charge is 0.167 e. The fraction of sp³-hybridized carbons (Fsp3) is 0.429. The van der Waals surface area contributed by atoms with Crippen molar-refractivity contribution in [2.24, 2.45) is 10.2 Å². The number of aryl methyl sites for hydroxylation is 1. The molecule has 0 aromatic heterocycles. The number of hydrogen-bond donors (Lipinski definition) is 2. The molecule has 2 heterocycles. The van der Waals surface area contributed by atoms with E-state index in [1.165, 1.54) is 29.5 Å². The van der Waals surface area contributed by atoms with Gasteiger partial charge in [-0.2, -0.15) is 10.2 Å². The summed E-state index contributed by atoms with van der Waals surface area (Å²) < 4.78 is 0. The Hall–Kier alpha value is -1.84. The number of aromatic hydroxyl groups is 1. The average Bonchev–Trinajstić information content (AvgIpc) is 2.57. The van der Waals surface area contributed by atoms with E-state index in [9.17, 15) is 5.11 Å². The minimum atomic E-state index is 0.277.